The van der Waals surface area contributed by atoms with Gasteiger partial charge in [0.05, 0.1) is 0 Å². The number of hydrogen-bond acceptors (Lipinski definition) is 3. The summed E-state index contributed by atoms with van der Waals surface area (Å²) in [7, 11) is 0. The van der Waals surface area contributed by atoms with E-state index in [4.69, 9.17) is 4.74 Å². The van der Waals surface area contributed by atoms with E-state index in [1.54, 1.807) is 51.1 Å². The Morgan fingerprint density at radius 2 is 1.72 bits per heavy atom. The summed E-state index contributed by atoms with van der Waals surface area (Å²) in [6.07, 6.45) is -0.502. The molecule has 2 rings (SSSR count). The predicted octanol–water partition coefficient (Wildman–Crippen LogP) is 5.69. The Bertz CT molecular complexity index is 804. The zero-order valence-corrected chi connectivity index (χ0v) is 19.0. The molecule has 0 radical (unpaired) electrons. The highest BCUT2D eigenvalue weighted by molar-refractivity contribution is 9.10. The molecule has 29 heavy (non-hydrogen) atoms. The van der Waals surface area contributed by atoms with Crippen LogP contribution in [0.1, 0.15) is 40.2 Å². The van der Waals surface area contributed by atoms with Crippen LogP contribution in [0.4, 0.5) is 14.9 Å². The SMILES string of the molecule is CC.CC(C)(C)OC(=O)NC(Cc1ccc(F)cc1)C(=O)Nc1cccc(Br)c1. The van der Waals surface area contributed by atoms with Gasteiger partial charge in [-0.3, -0.25) is 4.79 Å². The van der Waals surface area contributed by atoms with Crippen molar-refractivity contribution in [1.29, 1.82) is 0 Å². The van der Waals surface area contributed by atoms with Crippen LogP contribution in [-0.4, -0.2) is 23.6 Å². The molecule has 0 fully saturated rings. The minimum atomic E-state index is -0.885. The van der Waals surface area contributed by atoms with Crippen LogP contribution >= 0.6 is 15.9 Å². The van der Waals surface area contributed by atoms with Crippen molar-refractivity contribution < 1.29 is 18.7 Å². The zero-order valence-electron chi connectivity index (χ0n) is 17.4. The van der Waals surface area contributed by atoms with E-state index in [1.807, 2.05) is 19.9 Å². The monoisotopic (exact) mass is 466 g/mol. The molecule has 1 unspecified atom stereocenters. The summed E-state index contributed by atoms with van der Waals surface area (Å²) in [5, 5.41) is 5.36. The molecule has 158 valence electrons. The minimum Gasteiger partial charge on any atom is -0.444 e. The van der Waals surface area contributed by atoms with Crippen molar-refractivity contribution >= 4 is 33.6 Å². The average Bonchev–Trinajstić information content (AvgIpc) is 2.63. The third-order valence-corrected chi connectivity index (χ3v) is 3.95. The molecule has 0 bridgehead atoms. The van der Waals surface area contributed by atoms with Gasteiger partial charge in [0, 0.05) is 16.6 Å². The van der Waals surface area contributed by atoms with E-state index in [2.05, 4.69) is 26.6 Å². The molecule has 0 aromatic heterocycles. The van der Waals surface area contributed by atoms with E-state index < -0.39 is 23.6 Å². The first-order valence-electron chi connectivity index (χ1n) is 9.43. The van der Waals surface area contributed by atoms with Gasteiger partial charge in [0.2, 0.25) is 5.91 Å². The second-order valence-corrected chi connectivity index (χ2v) is 7.94. The predicted molar refractivity (Wildman–Crippen MR) is 117 cm³/mol. The standard InChI is InChI=1S/C20H22BrFN2O3.C2H6/c1-20(2,3)27-19(26)24-17(11-13-7-9-15(22)10-8-13)18(25)23-16-6-4-5-14(21)12-16;1-2/h4-10,12,17H,11H2,1-3H3,(H,23,25)(H,24,26);1-2H3. The molecular formula is C22H28BrFN2O3. The van der Waals surface area contributed by atoms with Gasteiger partial charge in [-0.25, -0.2) is 9.18 Å². The maximum atomic E-state index is 13.1. The van der Waals surface area contributed by atoms with Crippen LogP contribution in [0, 0.1) is 5.82 Å². The van der Waals surface area contributed by atoms with Gasteiger partial charge in [0.1, 0.15) is 17.5 Å². The lowest BCUT2D eigenvalue weighted by Gasteiger charge is -2.23. The molecule has 0 aliphatic rings. The summed E-state index contributed by atoms with van der Waals surface area (Å²) in [5.74, 6) is -0.766. The first-order valence-corrected chi connectivity index (χ1v) is 10.2. The second-order valence-electron chi connectivity index (χ2n) is 7.03. The summed E-state index contributed by atoms with van der Waals surface area (Å²) in [5.41, 5.74) is 0.608. The number of halogens is 2. The molecule has 0 spiro atoms. The van der Waals surface area contributed by atoms with E-state index in [0.29, 0.717) is 11.3 Å². The molecule has 2 aromatic rings. The summed E-state index contributed by atoms with van der Waals surface area (Å²) < 4.78 is 19.2. The first-order chi connectivity index (χ1) is 13.6. The minimum absolute atomic E-state index is 0.194. The fourth-order valence-electron chi connectivity index (χ4n) is 2.31. The van der Waals surface area contributed by atoms with Crippen molar-refractivity contribution in [3.8, 4) is 0 Å². The van der Waals surface area contributed by atoms with Crippen LogP contribution in [-0.2, 0) is 16.0 Å². The number of amides is 2. The lowest BCUT2D eigenvalue weighted by Crippen LogP contribution is -2.47. The smallest absolute Gasteiger partial charge is 0.408 e. The Labute approximate surface area is 180 Å². The summed E-state index contributed by atoms with van der Waals surface area (Å²) >= 11 is 3.35. The fourth-order valence-corrected chi connectivity index (χ4v) is 2.71. The maximum absolute atomic E-state index is 13.1. The summed E-state index contributed by atoms with van der Waals surface area (Å²) in [4.78, 5) is 24.9. The topological polar surface area (TPSA) is 67.4 Å². The molecule has 0 saturated carbocycles. The van der Waals surface area contributed by atoms with E-state index in [-0.39, 0.29) is 12.2 Å². The lowest BCUT2D eigenvalue weighted by atomic mass is 10.1. The summed E-state index contributed by atoms with van der Waals surface area (Å²) in [6.45, 7) is 9.22. The van der Waals surface area contributed by atoms with Crippen LogP contribution in [0.2, 0.25) is 0 Å². The van der Waals surface area contributed by atoms with E-state index >= 15 is 0 Å². The second kappa shape index (κ2) is 11.6. The van der Waals surface area contributed by atoms with Crippen molar-refractivity contribution in [2.45, 2.75) is 52.7 Å². The number of nitrogens with one attached hydrogen (secondary N) is 2. The molecule has 0 aliphatic heterocycles. The Morgan fingerprint density at radius 1 is 1.10 bits per heavy atom. The van der Waals surface area contributed by atoms with Gasteiger partial charge in [0.15, 0.2) is 0 Å². The third kappa shape index (κ3) is 9.56. The van der Waals surface area contributed by atoms with Gasteiger partial charge in [0.25, 0.3) is 0 Å². The molecule has 2 amide bonds. The largest absolute Gasteiger partial charge is 0.444 e. The van der Waals surface area contributed by atoms with Crippen LogP contribution in [0.15, 0.2) is 53.0 Å². The molecule has 7 heteroatoms. The van der Waals surface area contributed by atoms with Crippen molar-refractivity contribution in [2.75, 3.05) is 5.32 Å². The Balaban J connectivity index is 0.00000204. The number of rotatable bonds is 5. The van der Waals surface area contributed by atoms with Crippen molar-refractivity contribution in [2.24, 2.45) is 0 Å². The first kappa shape index (κ1) is 24.6. The van der Waals surface area contributed by atoms with Crippen molar-refractivity contribution in [3.63, 3.8) is 0 Å². The molecule has 0 saturated heterocycles. The van der Waals surface area contributed by atoms with Gasteiger partial charge in [-0.15, -0.1) is 0 Å². The molecule has 2 N–H and O–H groups in total. The maximum Gasteiger partial charge on any atom is 0.408 e. The molecule has 1 atom stereocenters. The van der Waals surface area contributed by atoms with Gasteiger partial charge in [-0.1, -0.05) is 48.0 Å². The number of hydrogen-bond donors (Lipinski definition) is 2. The molecule has 0 aliphatic carbocycles. The summed E-state index contributed by atoms with van der Waals surface area (Å²) in [6, 6.07) is 12.0. The normalized spacial score (nSPS) is 11.6. The van der Waals surface area contributed by atoms with E-state index in [1.165, 1.54) is 12.1 Å². The number of alkyl carbamates (subject to hydrolysis) is 1. The molecule has 2 aromatic carbocycles. The van der Waals surface area contributed by atoms with Crippen LogP contribution < -0.4 is 10.6 Å². The Morgan fingerprint density at radius 3 is 2.28 bits per heavy atom. The number of carbonyl (C=O) groups excluding carboxylic acids is 2. The number of anilines is 1. The molecule has 5 nitrogen and oxygen atoms in total. The van der Waals surface area contributed by atoms with Gasteiger partial charge in [-0.05, 0) is 56.7 Å². The van der Waals surface area contributed by atoms with Crippen molar-refractivity contribution in [3.05, 3.63) is 64.4 Å². The third-order valence-electron chi connectivity index (χ3n) is 3.45. The quantitative estimate of drug-likeness (QED) is 0.594. The fraction of sp³-hybridized carbons (Fsp3) is 0.364. The van der Waals surface area contributed by atoms with Crippen LogP contribution in [0.5, 0.6) is 0 Å². The van der Waals surface area contributed by atoms with E-state index in [0.717, 1.165) is 4.47 Å². The highest BCUT2D eigenvalue weighted by atomic mass is 79.9. The van der Waals surface area contributed by atoms with Crippen LogP contribution in [0.25, 0.3) is 0 Å². The Kier molecular flexibility index (Phi) is 9.81. The average molecular weight is 467 g/mol. The van der Waals surface area contributed by atoms with Gasteiger partial charge < -0.3 is 15.4 Å². The number of carbonyl (C=O) groups is 2. The lowest BCUT2D eigenvalue weighted by molar-refractivity contribution is -0.118. The zero-order chi connectivity index (χ0) is 22.0. The van der Waals surface area contributed by atoms with Crippen molar-refractivity contribution in [1.82, 2.24) is 5.32 Å². The van der Waals surface area contributed by atoms with Gasteiger partial charge >= 0.3 is 6.09 Å². The van der Waals surface area contributed by atoms with Crippen LogP contribution in [0.3, 0.4) is 0 Å². The number of ether oxygens (including phenoxy) is 1. The highest BCUT2D eigenvalue weighted by Crippen LogP contribution is 2.17. The molecular weight excluding hydrogens is 439 g/mol. The Hall–Kier alpha value is -2.41. The number of benzene rings is 2. The molecule has 0 heterocycles. The highest BCUT2D eigenvalue weighted by Gasteiger charge is 2.25. The van der Waals surface area contributed by atoms with E-state index in [9.17, 15) is 14.0 Å². The van der Waals surface area contributed by atoms with Gasteiger partial charge in [-0.2, -0.15) is 0 Å².